The molecule has 0 radical (unpaired) electrons. The average Bonchev–Trinajstić information content (AvgIpc) is 2.55. The Balaban J connectivity index is 2.33. The molecule has 1 N–H and O–H groups in total. The maximum Gasteiger partial charge on any atom is 0.335 e. The van der Waals surface area contributed by atoms with E-state index in [0.29, 0.717) is 16.3 Å². The number of carboxylic acid groups (broad SMARTS) is 1. The zero-order valence-corrected chi connectivity index (χ0v) is 12.3. The van der Waals surface area contributed by atoms with E-state index in [0.717, 1.165) is 16.7 Å². The summed E-state index contributed by atoms with van der Waals surface area (Å²) < 4.78 is 14.0. The number of nitriles is 1. The molecule has 112 valence electrons. The standard InChI is InChI=1S/C19H12FNO2/c1-11-8-12(10-21)2-4-14(11)15-6-7-18(20)16-5-3-13(19(22)23)9-17(15)16/h2-9H,1H3,(H,22,23). The molecule has 3 rings (SSSR count). The normalized spacial score (nSPS) is 10.5. The van der Waals surface area contributed by atoms with Crippen LogP contribution in [0.15, 0.2) is 48.5 Å². The van der Waals surface area contributed by atoms with Gasteiger partial charge >= 0.3 is 5.97 Å². The molecule has 0 saturated heterocycles. The van der Waals surface area contributed by atoms with Gasteiger partial charge in [-0.05, 0) is 59.3 Å². The molecule has 0 atom stereocenters. The molecule has 0 bridgehead atoms. The molecule has 0 aliphatic carbocycles. The molecule has 0 unspecified atom stereocenters. The van der Waals surface area contributed by atoms with Crippen molar-refractivity contribution in [2.45, 2.75) is 6.92 Å². The van der Waals surface area contributed by atoms with E-state index in [4.69, 9.17) is 10.4 Å². The molecule has 0 amide bonds. The van der Waals surface area contributed by atoms with Crippen LogP contribution in [0, 0.1) is 24.1 Å². The number of aromatic carboxylic acids is 1. The molecule has 0 aliphatic heterocycles. The van der Waals surface area contributed by atoms with Crippen molar-refractivity contribution in [3.8, 4) is 17.2 Å². The molecule has 0 heterocycles. The number of halogens is 1. The highest BCUT2D eigenvalue weighted by Gasteiger charge is 2.13. The molecular weight excluding hydrogens is 293 g/mol. The molecule has 0 saturated carbocycles. The van der Waals surface area contributed by atoms with Crippen molar-refractivity contribution in [3.63, 3.8) is 0 Å². The predicted molar refractivity (Wildman–Crippen MR) is 85.8 cm³/mol. The summed E-state index contributed by atoms with van der Waals surface area (Å²) in [6.07, 6.45) is 0. The maximum absolute atomic E-state index is 14.0. The van der Waals surface area contributed by atoms with Gasteiger partial charge in [0.1, 0.15) is 5.82 Å². The first-order chi connectivity index (χ1) is 11.0. The first-order valence-electron chi connectivity index (χ1n) is 6.98. The minimum atomic E-state index is -1.06. The first kappa shape index (κ1) is 14.7. The lowest BCUT2D eigenvalue weighted by Crippen LogP contribution is -1.97. The highest BCUT2D eigenvalue weighted by molar-refractivity contribution is 6.02. The van der Waals surface area contributed by atoms with Gasteiger partial charge in [-0.2, -0.15) is 5.26 Å². The summed E-state index contributed by atoms with van der Waals surface area (Å²) in [4.78, 5) is 11.2. The molecule has 3 nitrogen and oxygen atoms in total. The van der Waals surface area contributed by atoms with Gasteiger partial charge in [-0.1, -0.05) is 18.2 Å². The van der Waals surface area contributed by atoms with E-state index < -0.39 is 11.8 Å². The van der Waals surface area contributed by atoms with Crippen LogP contribution < -0.4 is 0 Å². The molecule has 3 aromatic carbocycles. The van der Waals surface area contributed by atoms with E-state index in [2.05, 4.69) is 6.07 Å². The molecular formula is C19H12FNO2. The minimum Gasteiger partial charge on any atom is -0.478 e. The maximum atomic E-state index is 14.0. The summed E-state index contributed by atoms with van der Waals surface area (Å²) in [6, 6.07) is 14.7. The summed E-state index contributed by atoms with van der Waals surface area (Å²) in [7, 11) is 0. The first-order valence-corrected chi connectivity index (χ1v) is 6.98. The van der Waals surface area contributed by atoms with Crippen LogP contribution in [0.25, 0.3) is 21.9 Å². The zero-order chi connectivity index (χ0) is 16.6. The third-order valence-electron chi connectivity index (χ3n) is 3.86. The summed E-state index contributed by atoms with van der Waals surface area (Å²) in [5.74, 6) is -1.45. The largest absolute Gasteiger partial charge is 0.478 e. The van der Waals surface area contributed by atoms with E-state index in [-0.39, 0.29) is 5.56 Å². The lowest BCUT2D eigenvalue weighted by atomic mass is 9.93. The van der Waals surface area contributed by atoms with Crippen LogP contribution in [0.2, 0.25) is 0 Å². The van der Waals surface area contributed by atoms with Crippen molar-refractivity contribution in [1.82, 2.24) is 0 Å². The quantitative estimate of drug-likeness (QED) is 0.757. The fourth-order valence-corrected chi connectivity index (χ4v) is 2.71. The topological polar surface area (TPSA) is 61.1 Å². The van der Waals surface area contributed by atoms with E-state index >= 15 is 0 Å². The summed E-state index contributed by atoms with van der Waals surface area (Å²) in [5, 5.41) is 19.0. The molecule has 3 aromatic rings. The van der Waals surface area contributed by atoms with Crippen LogP contribution in [-0.4, -0.2) is 11.1 Å². The second-order valence-corrected chi connectivity index (χ2v) is 5.30. The van der Waals surface area contributed by atoms with Gasteiger partial charge in [0.15, 0.2) is 0 Å². The van der Waals surface area contributed by atoms with E-state index in [1.807, 2.05) is 6.92 Å². The number of nitrogens with zero attached hydrogens (tertiary/aromatic N) is 1. The number of benzene rings is 3. The fourth-order valence-electron chi connectivity index (χ4n) is 2.71. The highest BCUT2D eigenvalue weighted by Crippen LogP contribution is 2.33. The molecule has 0 aliphatic rings. The smallest absolute Gasteiger partial charge is 0.335 e. The Morgan fingerprint density at radius 2 is 1.78 bits per heavy atom. The molecule has 0 spiro atoms. The van der Waals surface area contributed by atoms with Crippen LogP contribution in [-0.2, 0) is 0 Å². The van der Waals surface area contributed by atoms with Crippen molar-refractivity contribution in [2.75, 3.05) is 0 Å². The Morgan fingerprint density at radius 1 is 1.04 bits per heavy atom. The Bertz CT molecular complexity index is 987. The lowest BCUT2D eigenvalue weighted by molar-refractivity contribution is 0.0697. The van der Waals surface area contributed by atoms with Gasteiger partial charge in [-0.3, -0.25) is 0 Å². The second-order valence-electron chi connectivity index (χ2n) is 5.30. The Morgan fingerprint density at radius 3 is 2.43 bits per heavy atom. The van der Waals surface area contributed by atoms with Crippen molar-refractivity contribution >= 4 is 16.7 Å². The Labute approximate surface area is 132 Å². The molecule has 0 fully saturated rings. The summed E-state index contributed by atoms with van der Waals surface area (Å²) >= 11 is 0. The van der Waals surface area contributed by atoms with E-state index in [1.54, 1.807) is 24.3 Å². The van der Waals surface area contributed by atoms with Crippen LogP contribution in [0.4, 0.5) is 4.39 Å². The lowest BCUT2D eigenvalue weighted by Gasteiger charge is -2.11. The Kier molecular flexibility index (Phi) is 3.55. The number of fused-ring (bicyclic) bond motifs is 1. The van der Waals surface area contributed by atoms with E-state index in [1.165, 1.54) is 24.3 Å². The van der Waals surface area contributed by atoms with Gasteiger partial charge < -0.3 is 5.11 Å². The fraction of sp³-hybridized carbons (Fsp3) is 0.0526. The predicted octanol–water partition coefficient (Wildman–Crippen LogP) is 4.52. The van der Waals surface area contributed by atoms with Gasteiger partial charge in [0.2, 0.25) is 0 Å². The van der Waals surface area contributed by atoms with Crippen molar-refractivity contribution in [2.24, 2.45) is 0 Å². The SMILES string of the molecule is Cc1cc(C#N)ccc1-c1ccc(F)c2ccc(C(=O)O)cc12. The summed E-state index contributed by atoms with van der Waals surface area (Å²) in [5.41, 5.74) is 3.11. The van der Waals surface area contributed by atoms with Crippen LogP contribution in [0.3, 0.4) is 0 Å². The monoisotopic (exact) mass is 305 g/mol. The molecule has 4 heteroatoms. The number of hydrogen-bond donors (Lipinski definition) is 1. The van der Waals surface area contributed by atoms with Crippen LogP contribution in [0.1, 0.15) is 21.5 Å². The van der Waals surface area contributed by atoms with Gasteiger partial charge in [0.25, 0.3) is 0 Å². The van der Waals surface area contributed by atoms with Gasteiger partial charge in [-0.25, -0.2) is 9.18 Å². The van der Waals surface area contributed by atoms with Crippen molar-refractivity contribution in [3.05, 3.63) is 71.0 Å². The third-order valence-corrected chi connectivity index (χ3v) is 3.86. The van der Waals surface area contributed by atoms with Gasteiger partial charge in [0, 0.05) is 5.39 Å². The Hall–Kier alpha value is -3.19. The minimum absolute atomic E-state index is 0.107. The van der Waals surface area contributed by atoms with Crippen LogP contribution in [0.5, 0.6) is 0 Å². The van der Waals surface area contributed by atoms with Crippen molar-refractivity contribution < 1.29 is 14.3 Å². The number of rotatable bonds is 2. The number of aryl methyl sites for hydroxylation is 1. The van der Waals surface area contributed by atoms with Crippen LogP contribution >= 0.6 is 0 Å². The number of carbonyl (C=O) groups is 1. The van der Waals surface area contributed by atoms with Gasteiger partial charge in [0.05, 0.1) is 17.2 Å². The number of carboxylic acids is 1. The second kappa shape index (κ2) is 5.54. The van der Waals surface area contributed by atoms with Crippen molar-refractivity contribution in [1.29, 1.82) is 5.26 Å². The average molecular weight is 305 g/mol. The molecule has 0 aromatic heterocycles. The highest BCUT2D eigenvalue weighted by atomic mass is 19.1. The number of hydrogen-bond acceptors (Lipinski definition) is 2. The van der Waals surface area contributed by atoms with Gasteiger partial charge in [-0.15, -0.1) is 0 Å². The zero-order valence-electron chi connectivity index (χ0n) is 12.3. The van der Waals surface area contributed by atoms with E-state index in [9.17, 15) is 9.18 Å². The molecule has 23 heavy (non-hydrogen) atoms. The third kappa shape index (κ3) is 2.53. The summed E-state index contributed by atoms with van der Waals surface area (Å²) in [6.45, 7) is 1.87.